The van der Waals surface area contributed by atoms with Crippen LogP contribution in [0.1, 0.15) is 113 Å². The van der Waals surface area contributed by atoms with Crippen molar-refractivity contribution in [2.45, 2.75) is 102 Å². The summed E-state index contributed by atoms with van der Waals surface area (Å²) in [7, 11) is 0.0295. The number of halogens is 2. The van der Waals surface area contributed by atoms with Crippen molar-refractivity contribution in [3.63, 3.8) is 0 Å². The molecule has 0 bridgehead atoms. The quantitative estimate of drug-likeness (QED) is 0.136. The van der Waals surface area contributed by atoms with Gasteiger partial charge in [0, 0.05) is 0 Å². The topological polar surface area (TPSA) is 0 Å². The number of allylic oxidation sites excluding steroid dienone is 5. The van der Waals surface area contributed by atoms with Gasteiger partial charge in [0.2, 0.25) is 0 Å². The molecule has 1 aromatic carbocycles. The summed E-state index contributed by atoms with van der Waals surface area (Å²) in [6, 6.07) is 9.45. The average Bonchev–Trinajstić information content (AvgIpc) is 3.43. The van der Waals surface area contributed by atoms with E-state index in [0.29, 0.717) is 0 Å². The van der Waals surface area contributed by atoms with E-state index in [4.69, 9.17) is 0 Å². The number of benzene rings is 1. The standard InChI is InChI=1S/C21H32P.C10H15.2ClH.Hf/c1-3-5-7-11-15-22(16-12-8-6-4-2)21-17-19-13-9-10-14-20(19)18-21;1-3-6-9(2)10-7-4-5-8-10;;;/h9-10,13-14,17-18H,3-8,11-12,15-16H2,1-2H3;4,7,9H,3,5-6H2,1-2H3;2*1H;/q;;;;+2/p-2. The molecule has 2 unspecified atom stereocenters. The van der Waals surface area contributed by atoms with Crippen LogP contribution in [0.3, 0.4) is 0 Å². The number of rotatable bonds is 16. The van der Waals surface area contributed by atoms with Crippen molar-refractivity contribution in [2.75, 3.05) is 12.3 Å². The van der Waals surface area contributed by atoms with Gasteiger partial charge in [-0.05, 0) is 0 Å². The summed E-state index contributed by atoms with van der Waals surface area (Å²) >= 11 is -0.980. The second-order valence-corrected chi connectivity index (χ2v) is 17.9. The Morgan fingerprint density at radius 1 is 0.886 bits per heavy atom. The van der Waals surface area contributed by atoms with Crippen molar-refractivity contribution in [3.8, 4) is 0 Å². The molecule has 2 aliphatic carbocycles. The summed E-state index contributed by atoms with van der Waals surface area (Å²) < 4.78 is 2.75. The molecule has 0 fully saturated rings. The van der Waals surface area contributed by atoms with Crippen molar-refractivity contribution < 1.29 is 47.7 Å². The monoisotopic (exact) mass is 700 g/mol. The molecule has 2 atom stereocenters. The maximum Gasteiger partial charge on any atom is -1.00 e. The van der Waals surface area contributed by atoms with Crippen LogP contribution in [0.25, 0.3) is 6.08 Å². The first-order valence-corrected chi connectivity index (χ1v) is 19.5. The van der Waals surface area contributed by atoms with Gasteiger partial charge in [-0.3, -0.25) is 0 Å². The minimum absolute atomic E-state index is 0. The van der Waals surface area contributed by atoms with Gasteiger partial charge in [0.05, 0.1) is 0 Å². The molecule has 0 saturated heterocycles. The van der Waals surface area contributed by atoms with Crippen LogP contribution in [-0.4, -0.2) is 12.3 Å². The van der Waals surface area contributed by atoms with E-state index in [0.717, 1.165) is 9.59 Å². The van der Waals surface area contributed by atoms with E-state index in [1.165, 1.54) is 83.0 Å². The van der Waals surface area contributed by atoms with Crippen LogP contribution in [0.15, 0.2) is 50.6 Å². The van der Waals surface area contributed by atoms with Gasteiger partial charge in [-0.2, -0.15) is 0 Å². The first-order chi connectivity index (χ1) is 16.2. The third kappa shape index (κ3) is 9.85. The van der Waals surface area contributed by atoms with Crippen molar-refractivity contribution >= 4 is 14.0 Å². The zero-order valence-corrected chi connectivity index (χ0v) is 28.6. The number of hydrogen-bond acceptors (Lipinski definition) is 0. The Balaban J connectivity index is 0.00000306. The fraction of sp³-hybridized carbons (Fsp3) is 0.613. The average molecular weight is 700 g/mol. The maximum absolute atomic E-state index is 2.69. The third-order valence-electron chi connectivity index (χ3n) is 7.37. The molecule has 35 heavy (non-hydrogen) atoms. The van der Waals surface area contributed by atoms with E-state index in [9.17, 15) is 0 Å². The van der Waals surface area contributed by atoms with E-state index in [-0.39, 0.29) is 32.7 Å². The number of unbranched alkanes of at least 4 members (excludes halogenated alkanes) is 6. The zero-order valence-electron chi connectivity index (χ0n) is 22.6. The molecule has 0 spiro atoms. The molecule has 2 aliphatic rings. The van der Waals surface area contributed by atoms with E-state index in [1.54, 1.807) is 16.7 Å². The summed E-state index contributed by atoms with van der Waals surface area (Å²) in [6.07, 6.45) is 25.9. The normalized spacial score (nSPS) is 17.1. The third-order valence-corrected chi connectivity index (χ3v) is 17.4. The Kier molecular flexibility index (Phi) is 17.7. The SMILES string of the molecule is CCCCCCP(CCCCCC)C1=Cc2ccccc2[CH]1[Hf+2][C]1=C(C(C)CCC)C=CC1.[Cl-].[Cl-]. The van der Waals surface area contributed by atoms with Gasteiger partial charge in [-0.1, -0.05) is 0 Å². The summed E-state index contributed by atoms with van der Waals surface area (Å²) in [5.41, 5.74) is 5.01. The second kappa shape index (κ2) is 18.6. The predicted molar refractivity (Wildman–Crippen MR) is 147 cm³/mol. The predicted octanol–water partition coefficient (Wildman–Crippen LogP) is 4.47. The van der Waals surface area contributed by atoms with Crippen LogP contribution in [0.4, 0.5) is 0 Å². The Hall–Kier alpha value is 0.320. The molecule has 4 heteroatoms. The molecule has 1 aromatic rings. The van der Waals surface area contributed by atoms with Gasteiger partial charge in [0.25, 0.3) is 0 Å². The van der Waals surface area contributed by atoms with E-state index in [2.05, 4.69) is 70.2 Å². The molecule has 0 aliphatic heterocycles. The Labute approximate surface area is 242 Å². The summed E-state index contributed by atoms with van der Waals surface area (Å²) in [4.78, 5) is 0. The molecule has 0 N–H and O–H groups in total. The van der Waals surface area contributed by atoms with Crippen LogP contribution in [-0.2, 0) is 22.9 Å². The molecular weight excluding hydrogens is 653 g/mol. The smallest absolute Gasteiger partial charge is 1.00 e. The largest absolute Gasteiger partial charge is 1.00 e. The van der Waals surface area contributed by atoms with Gasteiger partial charge in [0.1, 0.15) is 0 Å². The van der Waals surface area contributed by atoms with Crippen molar-refractivity contribution in [1.82, 2.24) is 0 Å². The summed E-state index contributed by atoms with van der Waals surface area (Å²) in [6.45, 7) is 9.50. The second-order valence-electron chi connectivity index (χ2n) is 10.1. The van der Waals surface area contributed by atoms with Crippen LogP contribution >= 0.6 is 7.92 Å². The van der Waals surface area contributed by atoms with Crippen molar-refractivity contribution in [3.05, 3.63) is 61.8 Å². The molecular formula is C31H47Cl2HfP. The van der Waals surface area contributed by atoms with E-state index < -0.39 is 22.9 Å². The molecule has 0 nitrogen and oxygen atoms in total. The molecule has 0 amide bonds. The minimum atomic E-state index is -0.980. The van der Waals surface area contributed by atoms with Crippen molar-refractivity contribution in [2.24, 2.45) is 5.92 Å². The molecule has 0 saturated carbocycles. The fourth-order valence-electron chi connectivity index (χ4n) is 5.45. The van der Waals surface area contributed by atoms with Gasteiger partial charge >= 0.3 is 219 Å². The van der Waals surface area contributed by atoms with Gasteiger partial charge < -0.3 is 24.8 Å². The van der Waals surface area contributed by atoms with Gasteiger partial charge in [-0.25, -0.2) is 0 Å². The van der Waals surface area contributed by atoms with Crippen LogP contribution < -0.4 is 24.8 Å². The summed E-state index contributed by atoms with van der Waals surface area (Å²) in [5, 5.41) is 1.92. The van der Waals surface area contributed by atoms with E-state index >= 15 is 0 Å². The Bertz CT molecular complexity index is 817. The summed E-state index contributed by atoms with van der Waals surface area (Å²) in [5.74, 6) is 0.755. The Morgan fingerprint density at radius 2 is 1.54 bits per heavy atom. The number of fused-ring (bicyclic) bond motifs is 1. The zero-order chi connectivity index (χ0) is 23.5. The molecule has 0 radical (unpaired) electrons. The maximum atomic E-state index is 2.69. The molecule has 194 valence electrons. The van der Waals surface area contributed by atoms with Crippen molar-refractivity contribution in [1.29, 1.82) is 0 Å². The van der Waals surface area contributed by atoms with Gasteiger partial charge in [0.15, 0.2) is 0 Å². The number of hydrogen-bond donors (Lipinski definition) is 0. The fourth-order valence-corrected chi connectivity index (χ4v) is 16.9. The molecule has 0 aromatic heterocycles. The first kappa shape index (κ1) is 33.3. The first-order valence-electron chi connectivity index (χ1n) is 13.9. The van der Waals surface area contributed by atoms with E-state index in [1.807, 2.05) is 8.64 Å². The van der Waals surface area contributed by atoms with Crippen LogP contribution in [0, 0.1) is 5.92 Å². The Morgan fingerprint density at radius 3 is 2.17 bits per heavy atom. The van der Waals surface area contributed by atoms with Gasteiger partial charge in [-0.15, -0.1) is 0 Å². The van der Waals surface area contributed by atoms with Crippen LogP contribution in [0.5, 0.6) is 0 Å². The van der Waals surface area contributed by atoms with Crippen LogP contribution in [0.2, 0.25) is 0 Å². The minimum Gasteiger partial charge on any atom is -1.00 e. The molecule has 0 heterocycles. The molecule has 3 rings (SSSR count).